The summed E-state index contributed by atoms with van der Waals surface area (Å²) in [6, 6.07) is 0. The van der Waals surface area contributed by atoms with Gasteiger partial charge in [0.1, 0.15) is 0 Å². The van der Waals surface area contributed by atoms with E-state index < -0.39 is 5.97 Å². The normalized spacial score (nSPS) is 43.4. The van der Waals surface area contributed by atoms with Gasteiger partial charge in [0, 0.05) is 12.0 Å². The third-order valence-corrected chi connectivity index (χ3v) is 7.90. The summed E-state index contributed by atoms with van der Waals surface area (Å²) in [6.07, 6.45) is 14.7. The SMILES string of the molecule is C=C1C(=C)[C@H]2[C@@H]3CCC4=CCCC[C@@H]4[C@H]3CC[C@]2(C)[C@@H]1/C=C\C(=O)O. The van der Waals surface area contributed by atoms with Crippen LogP contribution in [0.4, 0.5) is 0 Å². The monoisotopic (exact) mass is 338 g/mol. The zero-order valence-electron chi connectivity index (χ0n) is 15.3. The summed E-state index contributed by atoms with van der Waals surface area (Å²) in [5.74, 6) is 2.04. The summed E-state index contributed by atoms with van der Waals surface area (Å²) < 4.78 is 0. The zero-order chi connectivity index (χ0) is 17.8. The van der Waals surface area contributed by atoms with Crippen LogP contribution in [0.25, 0.3) is 0 Å². The van der Waals surface area contributed by atoms with Crippen molar-refractivity contribution in [3.8, 4) is 0 Å². The van der Waals surface area contributed by atoms with E-state index in [-0.39, 0.29) is 11.3 Å². The van der Waals surface area contributed by atoms with Crippen molar-refractivity contribution in [1.29, 1.82) is 0 Å². The number of carboxylic acids is 1. The maximum Gasteiger partial charge on any atom is 0.327 e. The van der Waals surface area contributed by atoms with Gasteiger partial charge in [-0.15, -0.1) is 0 Å². The van der Waals surface area contributed by atoms with Crippen molar-refractivity contribution in [3.05, 3.63) is 48.1 Å². The lowest BCUT2D eigenvalue weighted by Gasteiger charge is -2.53. The van der Waals surface area contributed by atoms with Crippen molar-refractivity contribution < 1.29 is 9.90 Å². The first-order chi connectivity index (χ1) is 11.9. The first-order valence-corrected chi connectivity index (χ1v) is 9.91. The van der Waals surface area contributed by atoms with Crippen LogP contribution < -0.4 is 0 Å². The highest BCUT2D eigenvalue weighted by atomic mass is 16.4. The van der Waals surface area contributed by atoms with Gasteiger partial charge in [0.25, 0.3) is 0 Å². The lowest BCUT2D eigenvalue weighted by molar-refractivity contribution is -0.131. The number of hydrogen-bond acceptors (Lipinski definition) is 1. The van der Waals surface area contributed by atoms with Gasteiger partial charge in [-0.05, 0) is 85.2 Å². The Balaban J connectivity index is 1.67. The Morgan fingerprint density at radius 1 is 1.24 bits per heavy atom. The van der Waals surface area contributed by atoms with Crippen LogP contribution in [0.2, 0.25) is 0 Å². The summed E-state index contributed by atoms with van der Waals surface area (Å²) in [6.45, 7) is 11.1. The van der Waals surface area contributed by atoms with Crippen LogP contribution in [0.15, 0.2) is 48.1 Å². The Hall–Kier alpha value is -1.57. The Bertz CT molecular complexity index is 682. The number of allylic oxidation sites excluding steroid dienone is 5. The minimum Gasteiger partial charge on any atom is -0.478 e. The molecule has 0 unspecified atom stereocenters. The average molecular weight is 338 g/mol. The maximum atomic E-state index is 11.0. The Labute approximate surface area is 151 Å². The maximum absolute atomic E-state index is 11.0. The summed E-state index contributed by atoms with van der Waals surface area (Å²) in [4.78, 5) is 11.0. The lowest BCUT2D eigenvalue weighted by Crippen LogP contribution is -2.46. The molecule has 0 amide bonds. The number of aliphatic carboxylic acids is 1. The molecule has 0 aromatic heterocycles. The molecular formula is C23H30O2. The third kappa shape index (κ3) is 2.48. The van der Waals surface area contributed by atoms with Gasteiger partial charge in [0.2, 0.25) is 0 Å². The second-order valence-corrected chi connectivity index (χ2v) is 8.93. The molecule has 134 valence electrons. The minimum atomic E-state index is -0.867. The van der Waals surface area contributed by atoms with E-state index >= 15 is 0 Å². The van der Waals surface area contributed by atoms with Gasteiger partial charge in [-0.2, -0.15) is 0 Å². The number of fused-ring (bicyclic) bond motifs is 5. The molecule has 0 aromatic rings. The average Bonchev–Trinajstić information content (AvgIpc) is 2.79. The molecular weight excluding hydrogens is 308 g/mol. The summed E-state index contributed by atoms with van der Waals surface area (Å²) >= 11 is 0. The van der Waals surface area contributed by atoms with E-state index in [1.165, 1.54) is 50.2 Å². The van der Waals surface area contributed by atoms with Crippen LogP contribution in [-0.2, 0) is 4.79 Å². The van der Waals surface area contributed by atoms with E-state index in [9.17, 15) is 4.79 Å². The van der Waals surface area contributed by atoms with E-state index in [1.54, 1.807) is 5.57 Å². The van der Waals surface area contributed by atoms with E-state index in [0.717, 1.165) is 23.8 Å². The van der Waals surface area contributed by atoms with Gasteiger partial charge in [-0.1, -0.05) is 37.8 Å². The highest BCUT2D eigenvalue weighted by molar-refractivity contribution is 5.80. The minimum absolute atomic E-state index is 0.0944. The molecule has 1 N–H and O–H groups in total. The number of hydrogen-bond donors (Lipinski definition) is 1. The predicted octanol–water partition coefficient (Wildman–Crippen LogP) is 5.54. The van der Waals surface area contributed by atoms with E-state index in [4.69, 9.17) is 5.11 Å². The predicted molar refractivity (Wildman–Crippen MR) is 101 cm³/mol. The van der Waals surface area contributed by atoms with Crippen molar-refractivity contribution in [2.75, 3.05) is 0 Å². The van der Waals surface area contributed by atoms with E-state index in [2.05, 4.69) is 26.2 Å². The lowest BCUT2D eigenvalue weighted by atomic mass is 9.51. The van der Waals surface area contributed by atoms with Crippen LogP contribution >= 0.6 is 0 Å². The molecule has 2 nitrogen and oxygen atoms in total. The summed E-state index contributed by atoms with van der Waals surface area (Å²) in [7, 11) is 0. The molecule has 0 aromatic carbocycles. The fraction of sp³-hybridized carbons (Fsp3) is 0.609. The molecule has 0 aliphatic heterocycles. The van der Waals surface area contributed by atoms with Gasteiger partial charge >= 0.3 is 5.97 Å². The van der Waals surface area contributed by atoms with Crippen LogP contribution in [0.3, 0.4) is 0 Å². The molecule has 0 radical (unpaired) electrons. The van der Waals surface area contributed by atoms with Crippen LogP contribution in [-0.4, -0.2) is 11.1 Å². The number of rotatable bonds is 2. The first kappa shape index (κ1) is 16.9. The number of carboxylic acid groups (broad SMARTS) is 1. The molecule has 4 aliphatic carbocycles. The van der Waals surface area contributed by atoms with Gasteiger partial charge < -0.3 is 5.11 Å². The summed E-state index contributed by atoms with van der Waals surface area (Å²) in [5.41, 5.74) is 4.12. The quantitative estimate of drug-likeness (QED) is 0.530. The molecule has 0 bridgehead atoms. The molecule has 0 spiro atoms. The standard InChI is InChI=1S/C23H30O2/c1-14-15(2)22-19-9-8-16-6-4-5-7-17(16)18(19)12-13-23(22,3)20(14)10-11-21(24)25/h6,10-11,17-20,22H,1-2,4-5,7-9,12-13H2,3H3,(H,24,25)/b11-10-/t17-,18+,19+,20+,22-,23+/m0/s1. The molecule has 6 atom stereocenters. The molecule has 3 saturated carbocycles. The Morgan fingerprint density at radius 3 is 2.80 bits per heavy atom. The highest BCUT2D eigenvalue weighted by Gasteiger charge is 2.58. The molecule has 0 saturated heterocycles. The smallest absolute Gasteiger partial charge is 0.327 e. The fourth-order valence-corrected chi connectivity index (χ4v) is 6.85. The van der Waals surface area contributed by atoms with Gasteiger partial charge in [-0.25, -0.2) is 4.79 Å². The highest BCUT2D eigenvalue weighted by Crippen LogP contribution is 2.66. The van der Waals surface area contributed by atoms with Crippen molar-refractivity contribution in [3.63, 3.8) is 0 Å². The third-order valence-electron chi connectivity index (χ3n) is 7.90. The zero-order valence-corrected chi connectivity index (χ0v) is 15.3. The second kappa shape index (κ2) is 6.00. The van der Waals surface area contributed by atoms with Crippen molar-refractivity contribution in [2.24, 2.45) is 35.0 Å². The van der Waals surface area contributed by atoms with Crippen LogP contribution in [0.5, 0.6) is 0 Å². The molecule has 4 rings (SSSR count). The van der Waals surface area contributed by atoms with Gasteiger partial charge in [0.15, 0.2) is 0 Å². The van der Waals surface area contributed by atoms with Gasteiger partial charge in [0.05, 0.1) is 0 Å². The van der Waals surface area contributed by atoms with Crippen molar-refractivity contribution in [2.45, 2.75) is 51.9 Å². The van der Waals surface area contributed by atoms with E-state index in [0.29, 0.717) is 11.8 Å². The number of carbonyl (C=O) groups is 1. The fourth-order valence-electron chi connectivity index (χ4n) is 6.85. The first-order valence-electron chi connectivity index (χ1n) is 9.91. The topological polar surface area (TPSA) is 37.3 Å². The van der Waals surface area contributed by atoms with Crippen molar-refractivity contribution >= 4 is 5.97 Å². The largest absolute Gasteiger partial charge is 0.478 e. The molecule has 0 heterocycles. The van der Waals surface area contributed by atoms with Gasteiger partial charge in [-0.3, -0.25) is 0 Å². The Morgan fingerprint density at radius 2 is 2.04 bits per heavy atom. The summed E-state index contributed by atoms with van der Waals surface area (Å²) in [5, 5.41) is 9.08. The Kier molecular flexibility index (Phi) is 4.05. The van der Waals surface area contributed by atoms with Crippen LogP contribution in [0.1, 0.15) is 51.9 Å². The second-order valence-electron chi connectivity index (χ2n) is 8.93. The molecule has 4 aliphatic rings. The molecule has 2 heteroatoms. The molecule has 25 heavy (non-hydrogen) atoms. The van der Waals surface area contributed by atoms with E-state index in [1.807, 2.05) is 6.08 Å². The molecule has 3 fully saturated rings. The van der Waals surface area contributed by atoms with Crippen molar-refractivity contribution in [1.82, 2.24) is 0 Å². The van der Waals surface area contributed by atoms with Crippen LogP contribution in [0, 0.1) is 35.0 Å².